The van der Waals surface area contributed by atoms with Gasteiger partial charge >= 0.3 is 0 Å². The van der Waals surface area contributed by atoms with Gasteiger partial charge in [0.1, 0.15) is 0 Å². The number of hydrogen-bond donors (Lipinski definition) is 2. The number of amides is 1. The highest BCUT2D eigenvalue weighted by molar-refractivity contribution is 6.31. The van der Waals surface area contributed by atoms with E-state index in [9.17, 15) is 4.79 Å². The molecule has 3 N–H and O–H groups in total. The second-order valence-corrected chi connectivity index (χ2v) is 3.96. The van der Waals surface area contributed by atoms with Gasteiger partial charge in [-0.05, 0) is 18.2 Å². The van der Waals surface area contributed by atoms with Crippen molar-refractivity contribution in [3.63, 3.8) is 0 Å². The minimum absolute atomic E-state index is 0.109. The summed E-state index contributed by atoms with van der Waals surface area (Å²) in [7, 11) is 0. The molecular weight excluding hydrogens is 266 g/mol. The third kappa shape index (κ3) is 3.35. The SMILES string of the molecule is NCC#Cc1ccc(Cl)cc1NC(=O)c1ccno1. The second-order valence-electron chi connectivity index (χ2n) is 3.53. The molecule has 19 heavy (non-hydrogen) atoms. The van der Waals surface area contributed by atoms with Crippen LogP contribution in [-0.2, 0) is 0 Å². The molecule has 1 aromatic carbocycles. The number of hydrogen-bond acceptors (Lipinski definition) is 4. The number of rotatable bonds is 2. The minimum Gasteiger partial charge on any atom is -0.351 e. The summed E-state index contributed by atoms with van der Waals surface area (Å²) in [5.74, 6) is 5.26. The van der Waals surface area contributed by atoms with Crippen molar-refractivity contribution < 1.29 is 9.32 Å². The van der Waals surface area contributed by atoms with Gasteiger partial charge in [0.05, 0.1) is 18.4 Å². The van der Waals surface area contributed by atoms with E-state index in [2.05, 4.69) is 22.3 Å². The Morgan fingerprint density at radius 2 is 2.32 bits per heavy atom. The van der Waals surface area contributed by atoms with E-state index >= 15 is 0 Å². The monoisotopic (exact) mass is 275 g/mol. The summed E-state index contributed by atoms with van der Waals surface area (Å²) < 4.78 is 4.77. The van der Waals surface area contributed by atoms with Gasteiger partial charge in [-0.3, -0.25) is 4.79 Å². The number of carbonyl (C=O) groups excluding carboxylic acids is 1. The third-order valence-corrected chi connectivity index (χ3v) is 2.45. The third-order valence-electron chi connectivity index (χ3n) is 2.22. The Balaban J connectivity index is 2.28. The Kier molecular flexibility index (Phi) is 4.18. The molecule has 1 amide bonds. The molecule has 2 rings (SSSR count). The molecule has 0 unspecified atom stereocenters. The molecule has 0 radical (unpaired) electrons. The number of nitrogens with zero attached hydrogens (tertiary/aromatic N) is 1. The molecule has 6 heteroatoms. The molecule has 96 valence electrons. The molecule has 2 aromatic rings. The molecule has 1 heterocycles. The smallest absolute Gasteiger partial charge is 0.294 e. The summed E-state index contributed by atoms with van der Waals surface area (Å²) in [5.41, 5.74) is 6.45. The Bertz CT molecular complexity index is 642. The van der Waals surface area contributed by atoms with Crippen LogP contribution in [0.1, 0.15) is 16.1 Å². The zero-order valence-corrected chi connectivity index (χ0v) is 10.6. The highest BCUT2D eigenvalue weighted by Crippen LogP contribution is 2.21. The molecule has 0 fully saturated rings. The van der Waals surface area contributed by atoms with Crippen molar-refractivity contribution in [3.05, 3.63) is 46.8 Å². The van der Waals surface area contributed by atoms with Crippen LogP contribution in [0.25, 0.3) is 0 Å². The van der Waals surface area contributed by atoms with Gasteiger partial charge in [0, 0.05) is 16.7 Å². The maximum Gasteiger partial charge on any atom is 0.294 e. The molecule has 0 aliphatic carbocycles. The first-order valence-corrected chi connectivity index (χ1v) is 5.79. The van der Waals surface area contributed by atoms with E-state index in [1.54, 1.807) is 18.2 Å². The largest absolute Gasteiger partial charge is 0.351 e. The molecule has 1 aromatic heterocycles. The summed E-state index contributed by atoms with van der Waals surface area (Å²) in [4.78, 5) is 11.9. The summed E-state index contributed by atoms with van der Waals surface area (Å²) in [6.07, 6.45) is 1.39. The highest BCUT2D eigenvalue weighted by Gasteiger charge is 2.12. The van der Waals surface area contributed by atoms with Crippen molar-refractivity contribution in [1.29, 1.82) is 0 Å². The number of anilines is 1. The molecule has 0 saturated heterocycles. The van der Waals surface area contributed by atoms with Crippen molar-refractivity contribution in [2.45, 2.75) is 0 Å². The van der Waals surface area contributed by atoms with E-state index < -0.39 is 5.91 Å². The molecule has 0 aliphatic rings. The lowest BCUT2D eigenvalue weighted by Gasteiger charge is -2.06. The van der Waals surface area contributed by atoms with E-state index in [4.69, 9.17) is 21.9 Å². The number of aromatic nitrogens is 1. The Hall–Kier alpha value is -2.29. The van der Waals surface area contributed by atoms with Crippen molar-refractivity contribution in [3.8, 4) is 11.8 Å². The highest BCUT2D eigenvalue weighted by atomic mass is 35.5. The van der Waals surface area contributed by atoms with Gasteiger partial charge in [-0.2, -0.15) is 0 Å². The first-order valence-electron chi connectivity index (χ1n) is 5.41. The zero-order valence-electron chi connectivity index (χ0n) is 9.81. The maximum absolute atomic E-state index is 11.9. The topological polar surface area (TPSA) is 81.1 Å². The van der Waals surface area contributed by atoms with Crippen LogP contribution in [0.2, 0.25) is 5.02 Å². The number of nitrogens with two attached hydrogens (primary N) is 1. The summed E-state index contributed by atoms with van der Waals surface area (Å²) >= 11 is 5.90. The quantitative estimate of drug-likeness (QED) is 0.820. The molecule has 0 aliphatic heterocycles. The van der Waals surface area contributed by atoms with Crippen LogP contribution in [0.5, 0.6) is 0 Å². The molecule has 0 atom stereocenters. The van der Waals surface area contributed by atoms with E-state index in [1.165, 1.54) is 12.3 Å². The zero-order chi connectivity index (χ0) is 13.7. The van der Waals surface area contributed by atoms with E-state index in [0.29, 0.717) is 16.3 Å². The Morgan fingerprint density at radius 3 is 3.00 bits per heavy atom. The maximum atomic E-state index is 11.9. The lowest BCUT2D eigenvalue weighted by molar-refractivity contribution is 0.0988. The van der Waals surface area contributed by atoms with Crippen molar-refractivity contribution in [2.75, 3.05) is 11.9 Å². The normalized spacial score (nSPS) is 9.58. The van der Waals surface area contributed by atoms with Crippen LogP contribution in [0.15, 0.2) is 35.0 Å². The first kappa shape index (κ1) is 13.1. The van der Waals surface area contributed by atoms with Gasteiger partial charge < -0.3 is 15.6 Å². The van der Waals surface area contributed by atoms with E-state index in [-0.39, 0.29) is 12.3 Å². The predicted molar refractivity (Wildman–Crippen MR) is 71.8 cm³/mol. The van der Waals surface area contributed by atoms with Crippen LogP contribution in [0, 0.1) is 11.8 Å². The van der Waals surface area contributed by atoms with Gasteiger partial charge in [-0.25, -0.2) is 0 Å². The Labute approximate surface area is 114 Å². The van der Waals surface area contributed by atoms with Gasteiger partial charge in [-0.1, -0.05) is 28.6 Å². The average molecular weight is 276 g/mol. The fraction of sp³-hybridized carbons (Fsp3) is 0.0769. The van der Waals surface area contributed by atoms with E-state index in [0.717, 1.165) is 0 Å². The number of halogens is 1. The fourth-order valence-corrected chi connectivity index (χ4v) is 1.56. The lowest BCUT2D eigenvalue weighted by atomic mass is 10.1. The fourth-order valence-electron chi connectivity index (χ4n) is 1.39. The summed E-state index contributed by atoms with van der Waals surface area (Å²) in [6.45, 7) is 0.234. The van der Waals surface area contributed by atoms with Crippen molar-refractivity contribution >= 4 is 23.2 Å². The van der Waals surface area contributed by atoms with Crippen LogP contribution >= 0.6 is 11.6 Å². The van der Waals surface area contributed by atoms with Crippen LogP contribution < -0.4 is 11.1 Å². The summed E-state index contributed by atoms with van der Waals surface area (Å²) in [6, 6.07) is 6.47. The second kappa shape index (κ2) is 6.05. The number of benzene rings is 1. The molecule has 0 saturated carbocycles. The molecular formula is C13H10ClN3O2. The van der Waals surface area contributed by atoms with E-state index in [1.807, 2.05) is 0 Å². The molecule has 5 nitrogen and oxygen atoms in total. The minimum atomic E-state index is -0.421. The summed E-state index contributed by atoms with van der Waals surface area (Å²) in [5, 5.41) is 6.62. The van der Waals surface area contributed by atoms with Crippen molar-refractivity contribution in [1.82, 2.24) is 5.16 Å². The van der Waals surface area contributed by atoms with Crippen LogP contribution in [0.4, 0.5) is 5.69 Å². The number of carbonyl (C=O) groups is 1. The standard InChI is InChI=1S/C13H10ClN3O2/c14-10-4-3-9(2-1-6-15)11(8-10)17-13(18)12-5-7-16-19-12/h3-5,7-8H,6,15H2,(H,17,18). The Morgan fingerprint density at radius 1 is 1.47 bits per heavy atom. The van der Waals surface area contributed by atoms with Gasteiger partial charge in [-0.15, -0.1) is 0 Å². The van der Waals surface area contributed by atoms with Gasteiger partial charge in [0.2, 0.25) is 5.76 Å². The van der Waals surface area contributed by atoms with Crippen LogP contribution in [0.3, 0.4) is 0 Å². The predicted octanol–water partition coefficient (Wildman–Crippen LogP) is 1.89. The van der Waals surface area contributed by atoms with Crippen molar-refractivity contribution in [2.24, 2.45) is 5.73 Å². The van der Waals surface area contributed by atoms with Gasteiger partial charge in [0.25, 0.3) is 5.91 Å². The first-order chi connectivity index (χ1) is 9.20. The average Bonchev–Trinajstić information content (AvgIpc) is 2.92. The number of nitrogens with one attached hydrogen (secondary N) is 1. The molecule has 0 spiro atoms. The van der Waals surface area contributed by atoms with Gasteiger partial charge in [0.15, 0.2) is 0 Å². The van der Waals surface area contributed by atoms with Crippen LogP contribution in [-0.4, -0.2) is 17.6 Å². The lowest BCUT2D eigenvalue weighted by Crippen LogP contribution is -2.12. The molecule has 0 bridgehead atoms.